The molecule has 2 saturated heterocycles. The van der Waals surface area contributed by atoms with Crippen LogP contribution in [0.3, 0.4) is 0 Å². The van der Waals surface area contributed by atoms with Crippen molar-refractivity contribution in [3.8, 4) is 0 Å². The molecular weight excluding hydrogens is 341 g/mol. The van der Waals surface area contributed by atoms with Gasteiger partial charge in [0, 0.05) is 32.1 Å². The summed E-state index contributed by atoms with van der Waals surface area (Å²) in [5, 5.41) is 7.12. The maximum Gasteiger partial charge on any atom is 0.490 e. The Kier molecular flexibility index (Phi) is 5.76. The van der Waals surface area contributed by atoms with E-state index in [2.05, 4.69) is 11.0 Å². The molecule has 25 heavy (non-hydrogen) atoms. The van der Waals surface area contributed by atoms with E-state index in [1.165, 1.54) is 0 Å². The highest BCUT2D eigenvalue weighted by Crippen LogP contribution is 2.31. The normalized spacial score (nSPS) is 23.9. The summed E-state index contributed by atoms with van der Waals surface area (Å²) in [4.78, 5) is 25.0. The van der Waals surface area contributed by atoms with Gasteiger partial charge in [-0.05, 0) is 31.9 Å². The number of aryl methyl sites for hydroxylation is 1. The lowest BCUT2D eigenvalue weighted by Gasteiger charge is -2.37. The van der Waals surface area contributed by atoms with Crippen LogP contribution in [0, 0.1) is 6.92 Å². The molecule has 0 spiro atoms. The Morgan fingerprint density at radius 1 is 1.32 bits per heavy atom. The van der Waals surface area contributed by atoms with Crippen molar-refractivity contribution in [1.29, 1.82) is 0 Å². The van der Waals surface area contributed by atoms with Crippen molar-refractivity contribution in [1.82, 2.24) is 9.80 Å². The van der Waals surface area contributed by atoms with E-state index in [-0.39, 0.29) is 0 Å². The van der Waals surface area contributed by atoms with Gasteiger partial charge >= 0.3 is 12.1 Å². The molecular formula is C16H21F3N2O4. The summed E-state index contributed by atoms with van der Waals surface area (Å²) in [5.74, 6) is -0.455. The van der Waals surface area contributed by atoms with Crippen LogP contribution in [0.15, 0.2) is 16.5 Å². The molecule has 140 valence electrons. The first-order valence-corrected chi connectivity index (χ1v) is 7.94. The number of piperidine rings is 1. The fraction of sp³-hybridized carbons (Fsp3) is 0.625. The summed E-state index contributed by atoms with van der Waals surface area (Å²) < 4.78 is 37.4. The van der Waals surface area contributed by atoms with Gasteiger partial charge in [-0.1, -0.05) is 0 Å². The monoisotopic (exact) mass is 362 g/mol. The Balaban J connectivity index is 0.000000277. The SMILES string of the molecule is Cc1ccc(CN2CC[C@@H]3[C@H]2CCC(=O)N3C)o1.O=C(O)C(F)(F)F. The first-order valence-electron chi connectivity index (χ1n) is 7.94. The summed E-state index contributed by atoms with van der Waals surface area (Å²) in [7, 11) is 1.94. The molecule has 1 aromatic rings. The average Bonchev–Trinajstić information content (AvgIpc) is 3.10. The van der Waals surface area contributed by atoms with Crippen LogP contribution >= 0.6 is 0 Å². The Bertz CT molecular complexity index is 629. The number of alkyl halides is 3. The zero-order valence-corrected chi connectivity index (χ0v) is 14.0. The molecule has 6 nitrogen and oxygen atoms in total. The predicted molar refractivity (Wildman–Crippen MR) is 81.7 cm³/mol. The third-order valence-corrected chi connectivity index (χ3v) is 4.57. The van der Waals surface area contributed by atoms with E-state index in [0.717, 1.165) is 37.5 Å². The van der Waals surface area contributed by atoms with Gasteiger partial charge in [0.15, 0.2) is 0 Å². The lowest BCUT2D eigenvalue weighted by atomic mass is 9.97. The lowest BCUT2D eigenvalue weighted by Crippen LogP contribution is -2.50. The number of furan rings is 1. The Morgan fingerprint density at radius 2 is 1.96 bits per heavy atom. The van der Waals surface area contributed by atoms with Crippen molar-refractivity contribution in [2.45, 2.75) is 51.0 Å². The first kappa shape index (κ1) is 19.3. The van der Waals surface area contributed by atoms with Gasteiger partial charge in [0.2, 0.25) is 5.91 Å². The highest BCUT2D eigenvalue weighted by molar-refractivity contribution is 5.77. The molecule has 3 heterocycles. The van der Waals surface area contributed by atoms with Gasteiger partial charge in [-0.3, -0.25) is 9.69 Å². The number of likely N-dealkylation sites (N-methyl/N-ethyl adjacent to an activating group) is 1. The van der Waals surface area contributed by atoms with E-state index < -0.39 is 12.1 Å². The minimum Gasteiger partial charge on any atom is -0.475 e. The smallest absolute Gasteiger partial charge is 0.475 e. The Morgan fingerprint density at radius 3 is 2.48 bits per heavy atom. The van der Waals surface area contributed by atoms with Gasteiger partial charge in [0.05, 0.1) is 6.54 Å². The molecule has 2 fully saturated rings. The van der Waals surface area contributed by atoms with E-state index >= 15 is 0 Å². The number of aliphatic carboxylic acids is 1. The number of fused-ring (bicyclic) bond motifs is 1. The largest absolute Gasteiger partial charge is 0.490 e. The molecule has 3 rings (SSSR count). The van der Waals surface area contributed by atoms with Crippen molar-refractivity contribution in [3.05, 3.63) is 23.7 Å². The summed E-state index contributed by atoms with van der Waals surface area (Å²) in [6.45, 7) is 3.91. The van der Waals surface area contributed by atoms with Gasteiger partial charge in [-0.15, -0.1) is 0 Å². The highest BCUT2D eigenvalue weighted by Gasteiger charge is 2.41. The fourth-order valence-corrected chi connectivity index (χ4v) is 3.33. The second-order valence-corrected chi connectivity index (χ2v) is 6.25. The molecule has 0 unspecified atom stereocenters. The number of halogens is 3. The van der Waals surface area contributed by atoms with E-state index in [0.29, 0.717) is 24.4 Å². The number of nitrogens with zero attached hydrogens (tertiary/aromatic N) is 2. The number of carbonyl (C=O) groups is 2. The van der Waals surface area contributed by atoms with Crippen molar-refractivity contribution in [2.75, 3.05) is 13.6 Å². The van der Waals surface area contributed by atoms with Gasteiger partial charge in [0.1, 0.15) is 11.5 Å². The first-order chi connectivity index (χ1) is 11.6. The lowest BCUT2D eigenvalue weighted by molar-refractivity contribution is -0.192. The summed E-state index contributed by atoms with van der Waals surface area (Å²) in [5.41, 5.74) is 0. The summed E-state index contributed by atoms with van der Waals surface area (Å²) in [6, 6.07) is 4.99. The molecule has 2 aliphatic rings. The number of amides is 1. The van der Waals surface area contributed by atoms with Crippen LogP contribution in [0.2, 0.25) is 0 Å². The summed E-state index contributed by atoms with van der Waals surface area (Å²) in [6.07, 6.45) is -2.31. The molecule has 0 bridgehead atoms. The maximum absolute atomic E-state index is 11.7. The van der Waals surface area contributed by atoms with E-state index in [1.807, 2.05) is 24.9 Å². The number of carboxylic acids is 1. The zero-order chi connectivity index (χ0) is 18.8. The highest BCUT2D eigenvalue weighted by atomic mass is 19.4. The zero-order valence-electron chi connectivity index (χ0n) is 14.0. The van der Waals surface area contributed by atoms with Gasteiger partial charge < -0.3 is 14.4 Å². The van der Waals surface area contributed by atoms with Crippen LogP contribution in [-0.4, -0.2) is 58.6 Å². The molecule has 0 radical (unpaired) electrons. The van der Waals surface area contributed by atoms with Crippen molar-refractivity contribution < 1.29 is 32.3 Å². The summed E-state index contributed by atoms with van der Waals surface area (Å²) >= 11 is 0. The quantitative estimate of drug-likeness (QED) is 0.875. The average molecular weight is 362 g/mol. The predicted octanol–water partition coefficient (Wildman–Crippen LogP) is 2.42. The van der Waals surface area contributed by atoms with Crippen molar-refractivity contribution in [3.63, 3.8) is 0 Å². The van der Waals surface area contributed by atoms with Crippen LogP contribution in [-0.2, 0) is 16.1 Å². The number of rotatable bonds is 2. The molecule has 1 amide bonds. The molecule has 2 atom stereocenters. The third kappa shape index (κ3) is 4.75. The van der Waals surface area contributed by atoms with E-state index in [4.69, 9.17) is 14.3 Å². The van der Waals surface area contributed by atoms with Crippen LogP contribution in [0.5, 0.6) is 0 Å². The van der Waals surface area contributed by atoms with E-state index in [9.17, 15) is 18.0 Å². The molecule has 1 N–H and O–H groups in total. The topological polar surface area (TPSA) is 74.0 Å². The number of carboxylic acid groups (broad SMARTS) is 1. The molecule has 0 saturated carbocycles. The van der Waals surface area contributed by atoms with E-state index in [1.54, 1.807) is 0 Å². The molecule has 2 aliphatic heterocycles. The third-order valence-electron chi connectivity index (χ3n) is 4.57. The van der Waals surface area contributed by atoms with Gasteiger partial charge in [0.25, 0.3) is 0 Å². The van der Waals surface area contributed by atoms with Gasteiger partial charge in [-0.2, -0.15) is 13.2 Å². The fourth-order valence-electron chi connectivity index (χ4n) is 3.33. The minimum absolute atomic E-state index is 0.298. The molecule has 9 heteroatoms. The van der Waals surface area contributed by atoms with Crippen LogP contribution in [0.1, 0.15) is 30.8 Å². The number of hydrogen-bond acceptors (Lipinski definition) is 4. The molecule has 0 aromatic carbocycles. The Labute approximate surface area is 143 Å². The maximum atomic E-state index is 11.7. The van der Waals surface area contributed by atoms with Crippen LogP contribution in [0.4, 0.5) is 13.2 Å². The standard InChI is InChI=1S/C14H20N2O2.C2HF3O2/c1-10-3-4-11(18-10)9-16-8-7-12-13(16)5-6-14(17)15(12)2;3-2(4,5)1(6)7/h3-4,12-13H,5-9H2,1-2H3;(H,6,7)/t12-,13-;/m1./s1. The second kappa shape index (κ2) is 7.47. The second-order valence-electron chi connectivity index (χ2n) is 6.25. The van der Waals surface area contributed by atoms with Crippen LogP contribution in [0.25, 0.3) is 0 Å². The van der Waals surface area contributed by atoms with Crippen molar-refractivity contribution >= 4 is 11.9 Å². The Hall–Kier alpha value is -2.03. The number of likely N-dealkylation sites (tertiary alicyclic amines) is 2. The minimum atomic E-state index is -5.08. The van der Waals surface area contributed by atoms with Crippen LogP contribution < -0.4 is 0 Å². The molecule has 1 aromatic heterocycles. The molecule has 0 aliphatic carbocycles. The number of carbonyl (C=O) groups excluding carboxylic acids is 1. The van der Waals surface area contributed by atoms with Gasteiger partial charge in [-0.25, -0.2) is 4.79 Å². The van der Waals surface area contributed by atoms with Crippen molar-refractivity contribution in [2.24, 2.45) is 0 Å². The number of hydrogen-bond donors (Lipinski definition) is 1.